The number of oxazole rings is 1. The molecule has 128 valence electrons. The van der Waals surface area contributed by atoms with Crippen LogP contribution < -0.4 is 4.74 Å². The highest BCUT2D eigenvalue weighted by atomic mass is 35.5. The third-order valence-electron chi connectivity index (χ3n) is 3.97. The number of hydrogen-bond acceptors (Lipinski definition) is 4. The summed E-state index contributed by atoms with van der Waals surface area (Å²) in [5.41, 5.74) is 4.01. The van der Waals surface area contributed by atoms with Gasteiger partial charge in [0.25, 0.3) is 0 Å². The van der Waals surface area contributed by atoms with Gasteiger partial charge in [0.1, 0.15) is 11.3 Å². The van der Waals surface area contributed by atoms with E-state index in [2.05, 4.69) is 9.98 Å². The van der Waals surface area contributed by atoms with Crippen LogP contribution in [0.1, 0.15) is 5.56 Å². The molecule has 0 spiro atoms. The van der Waals surface area contributed by atoms with Gasteiger partial charge < -0.3 is 9.15 Å². The molecule has 0 aliphatic heterocycles. The zero-order chi connectivity index (χ0) is 17.9. The molecule has 0 amide bonds. The monoisotopic (exact) mass is 362 g/mol. The minimum absolute atomic E-state index is 0.565. The molecule has 0 fully saturated rings. The molecule has 4 rings (SSSR count). The summed E-state index contributed by atoms with van der Waals surface area (Å²) in [7, 11) is 1.64. The first-order valence-electron chi connectivity index (χ1n) is 8.06. The second-order valence-corrected chi connectivity index (χ2v) is 6.09. The molecule has 0 radical (unpaired) electrons. The van der Waals surface area contributed by atoms with Gasteiger partial charge >= 0.3 is 0 Å². The Morgan fingerprint density at radius 2 is 1.85 bits per heavy atom. The van der Waals surface area contributed by atoms with E-state index in [1.165, 1.54) is 0 Å². The highest BCUT2D eigenvalue weighted by Gasteiger charge is 2.09. The number of methoxy groups -OCH3 is 1. The Morgan fingerprint density at radius 3 is 2.62 bits per heavy atom. The molecule has 26 heavy (non-hydrogen) atoms. The lowest BCUT2D eigenvalue weighted by molar-refractivity contribution is 0.415. The van der Waals surface area contributed by atoms with E-state index >= 15 is 0 Å². The standard InChI is InChI=1S/C21H15ClN2O2/c1-25-17-9-6-14(7-10-17)21-24-19-12-16(8-11-20(19)26-21)23-13-15-4-2-3-5-18(15)22/h2-13H,1H3. The molecule has 4 nitrogen and oxygen atoms in total. The van der Waals surface area contributed by atoms with Gasteiger partial charge in [-0.3, -0.25) is 4.99 Å². The van der Waals surface area contributed by atoms with Gasteiger partial charge in [0.2, 0.25) is 5.89 Å². The SMILES string of the molecule is COc1ccc(-c2nc3cc(N=Cc4ccccc4Cl)ccc3o2)cc1. The van der Waals surface area contributed by atoms with Gasteiger partial charge in [-0.15, -0.1) is 0 Å². The Kier molecular flexibility index (Phi) is 4.42. The first-order chi connectivity index (χ1) is 12.7. The number of halogens is 1. The van der Waals surface area contributed by atoms with Crippen LogP contribution in [0, 0.1) is 0 Å². The predicted octanol–water partition coefficient (Wildman–Crippen LogP) is 5.91. The fraction of sp³-hybridized carbons (Fsp3) is 0.0476. The summed E-state index contributed by atoms with van der Waals surface area (Å²) in [6.45, 7) is 0. The lowest BCUT2D eigenvalue weighted by Gasteiger charge is -1.99. The third-order valence-corrected chi connectivity index (χ3v) is 4.31. The average Bonchev–Trinajstić information content (AvgIpc) is 3.11. The molecule has 0 saturated heterocycles. The first kappa shape index (κ1) is 16.4. The van der Waals surface area contributed by atoms with Gasteiger partial charge in [-0.2, -0.15) is 0 Å². The highest BCUT2D eigenvalue weighted by molar-refractivity contribution is 6.33. The smallest absolute Gasteiger partial charge is 0.227 e. The topological polar surface area (TPSA) is 47.6 Å². The van der Waals surface area contributed by atoms with E-state index in [-0.39, 0.29) is 0 Å². The zero-order valence-corrected chi connectivity index (χ0v) is 14.8. The van der Waals surface area contributed by atoms with E-state index in [0.717, 1.165) is 28.1 Å². The van der Waals surface area contributed by atoms with Crippen molar-refractivity contribution in [3.8, 4) is 17.2 Å². The van der Waals surface area contributed by atoms with Crippen molar-refractivity contribution < 1.29 is 9.15 Å². The normalized spacial score (nSPS) is 11.3. The number of aliphatic imine (C=N–C) groups is 1. The summed E-state index contributed by atoms with van der Waals surface area (Å²) in [5, 5.41) is 0.667. The highest BCUT2D eigenvalue weighted by Crippen LogP contribution is 2.28. The number of aromatic nitrogens is 1. The van der Waals surface area contributed by atoms with Crippen molar-refractivity contribution in [2.45, 2.75) is 0 Å². The van der Waals surface area contributed by atoms with Crippen LogP contribution in [-0.4, -0.2) is 18.3 Å². The van der Waals surface area contributed by atoms with Gasteiger partial charge in [0, 0.05) is 22.4 Å². The summed E-state index contributed by atoms with van der Waals surface area (Å²) in [6.07, 6.45) is 1.74. The van der Waals surface area contributed by atoms with Crippen LogP contribution in [0.3, 0.4) is 0 Å². The zero-order valence-electron chi connectivity index (χ0n) is 14.0. The van der Waals surface area contributed by atoms with Crippen LogP contribution in [0.4, 0.5) is 5.69 Å². The van der Waals surface area contributed by atoms with Crippen molar-refractivity contribution in [2.24, 2.45) is 4.99 Å². The largest absolute Gasteiger partial charge is 0.497 e. The number of fused-ring (bicyclic) bond motifs is 1. The van der Waals surface area contributed by atoms with Gasteiger partial charge in [0.05, 0.1) is 12.8 Å². The van der Waals surface area contributed by atoms with Crippen molar-refractivity contribution in [3.63, 3.8) is 0 Å². The molecule has 0 N–H and O–H groups in total. The van der Waals surface area contributed by atoms with Crippen molar-refractivity contribution in [1.29, 1.82) is 0 Å². The maximum atomic E-state index is 6.15. The Bertz CT molecular complexity index is 1080. The molecule has 0 aliphatic carbocycles. The fourth-order valence-corrected chi connectivity index (χ4v) is 2.76. The molecule has 4 aromatic rings. The van der Waals surface area contributed by atoms with Crippen LogP contribution in [0.2, 0.25) is 5.02 Å². The van der Waals surface area contributed by atoms with Crippen LogP contribution in [0.5, 0.6) is 5.75 Å². The Morgan fingerprint density at radius 1 is 1.04 bits per heavy atom. The molecular formula is C21H15ClN2O2. The van der Waals surface area contributed by atoms with Crippen LogP contribution in [0.15, 0.2) is 76.1 Å². The molecule has 0 aliphatic rings. The number of hydrogen-bond donors (Lipinski definition) is 0. The van der Waals surface area contributed by atoms with Crippen molar-refractivity contribution in [2.75, 3.05) is 7.11 Å². The number of nitrogens with zero attached hydrogens (tertiary/aromatic N) is 2. The second-order valence-electron chi connectivity index (χ2n) is 5.68. The predicted molar refractivity (Wildman–Crippen MR) is 105 cm³/mol. The van der Waals surface area contributed by atoms with E-state index in [0.29, 0.717) is 16.5 Å². The van der Waals surface area contributed by atoms with Crippen LogP contribution in [0.25, 0.3) is 22.6 Å². The van der Waals surface area contributed by atoms with Gasteiger partial charge in [-0.05, 0) is 48.5 Å². The van der Waals surface area contributed by atoms with Crippen molar-refractivity contribution in [3.05, 3.63) is 77.3 Å². The molecule has 5 heteroatoms. The summed E-state index contributed by atoms with van der Waals surface area (Å²) >= 11 is 6.15. The Hall–Kier alpha value is -3.11. The van der Waals surface area contributed by atoms with Crippen LogP contribution >= 0.6 is 11.6 Å². The number of rotatable bonds is 4. The minimum atomic E-state index is 0.565. The quantitative estimate of drug-likeness (QED) is 0.424. The number of benzene rings is 3. The van der Waals surface area contributed by atoms with E-state index in [1.807, 2.05) is 66.7 Å². The van der Waals surface area contributed by atoms with Gasteiger partial charge in [-0.1, -0.05) is 29.8 Å². The molecule has 1 aromatic heterocycles. The van der Waals surface area contributed by atoms with Crippen molar-refractivity contribution in [1.82, 2.24) is 4.98 Å². The molecular weight excluding hydrogens is 348 g/mol. The van der Waals surface area contributed by atoms with Crippen molar-refractivity contribution >= 4 is 34.6 Å². The maximum Gasteiger partial charge on any atom is 0.227 e. The lowest BCUT2D eigenvalue weighted by Crippen LogP contribution is -1.82. The minimum Gasteiger partial charge on any atom is -0.497 e. The van der Waals surface area contributed by atoms with Gasteiger partial charge in [0.15, 0.2) is 5.58 Å². The second kappa shape index (κ2) is 7.02. The number of ether oxygens (including phenoxy) is 1. The van der Waals surface area contributed by atoms with E-state index in [1.54, 1.807) is 13.3 Å². The molecule has 0 unspecified atom stereocenters. The first-order valence-corrected chi connectivity index (χ1v) is 8.44. The van der Waals surface area contributed by atoms with Gasteiger partial charge in [-0.25, -0.2) is 4.98 Å². The Balaban J connectivity index is 1.64. The molecule has 0 saturated carbocycles. The summed E-state index contributed by atoms with van der Waals surface area (Å²) in [5.74, 6) is 1.36. The summed E-state index contributed by atoms with van der Waals surface area (Å²) < 4.78 is 11.0. The molecule has 0 atom stereocenters. The Labute approximate surface area is 155 Å². The third kappa shape index (κ3) is 3.32. The molecule has 0 bridgehead atoms. The van der Waals surface area contributed by atoms with E-state index < -0.39 is 0 Å². The van der Waals surface area contributed by atoms with Crippen LogP contribution in [-0.2, 0) is 0 Å². The molecule has 1 heterocycles. The maximum absolute atomic E-state index is 6.15. The van der Waals surface area contributed by atoms with E-state index in [9.17, 15) is 0 Å². The molecule has 3 aromatic carbocycles. The average molecular weight is 363 g/mol. The van der Waals surface area contributed by atoms with E-state index in [4.69, 9.17) is 20.8 Å². The lowest BCUT2D eigenvalue weighted by atomic mass is 10.2. The fourth-order valence-electron chi connectivity index (χ4n) is 2.58. The summed E-state index contributed by atoms with van der Waals surface area (Å²) in [6, 6.07) is 20.8. The summed E-state index contributed by atoms with van der Waals surface area (Å²) in [4.78, 5) is 9.05.